The maximum atomic E-state index is 13.3. The Hall–Kier alpha value is -2.78. The molecule has 230 valence electrons. The summed E-state index contributed by atoms with van der Waals surface area (Å²) in [5, 5.41) is 27.3. The Morgan fingerprint density at radius 3 is 2.51 bits per heavy atom. The van der Waals surface area contributed by atoms with E-state index < -0.39 is 64.4 Å². The lowest BCUT2D eigenvalue weighted by molar-refractivity contribution is -0.169. The van der Waals surface area contributed by atoms with E-state index in [1.54, 1.807) is 6.92 Å². The zero-order valence-electron chi connectivity index (χ0n) is 23.0. The van der Waals surface area contributed by atoms with Crippen LogP contribution in [0.15, 0.2) is 18.2 Å². The Morgan fingerprint density at radius 1 is 1.32 bits per heavy atom. The van der Waals surface area contributed by atoms with Crippen LogP contribution in [-0.4, -0.2) is 76.9 Å². The lowest BCUT2D eigenvalue weighted by atomic mass is 9.82. The number of aliphatic hydroxyl groups is 2. The molecule has 1 saturated carbocycles. The molecule has 1 aromatic carbocycles. The fraction of sp³-hybridized carbons (Fsp3) is 0.615. The van der Waals surface area contributed by atoms with E-state index in [1.807, 2.05) is 0 Å². The molecule has 9 nitrogen and oxygen atoms in total. The molecule has 0 unspecified atom stereocenters. The number of aryl methyl sites for hydroxylation is 1. The second-order valence-electron chi connectivity index (χ2n) is 10.5. The van der Waals surface area contributed by atoms with E-state index in [0.29, 0.717) is 0 Å². The summed E-state index contributed by atoms with van der Waals surface area (Å²) in [6.07, 6.45) is -5.46. The van der Waals surface area contributed by atoms with Crippen LogP contribution in [0.1, 0.15) is 54.7 Å². The molecule has 0 aliphatic heterocycles. The molecule has 1 fully saturated rings. The van der Waals surface area contributed by atoms with Gasteiger partial charge < -0.3 is 20.3 Å². The van der Waals surface area contributed by atoms with Crippen molar-refractivity contribution in [1.82, 2.24) is 15.1 Å². The Bertz CT molecular complexity index is 1360. The lowest BCUT2D eigenvalue weighted by Crippen LogP contribution is -2.56. The Kier molecular flexibility index (Phi) is 9.75. The lowest BCUT2D eigenvalue weighted by Gasteiger charge is -2.39. The molecule has 0 bridgehead atoms. The average molecular weight is 612 g/mol. The summed E-state index contributed by atoms with van der Waals surface area (Å²) < 4.78 is 95.4. The minimum absolute atomic E-state index is 0.0759. The first-order valence-electron chi connectivity index (χ1n) is 13.0. The molecule has 3 N–H and O–H groups in total. The fourth-order valence-corrected chi connectivity index (χ4v) is 6.04. The highest BCUT2D eigenvalue weighted by atomic mass is 32.2. The normalized spacial score (nSPS) is 22.5. The molecule has 0 saturated heterocycles. The Labute approximate surface area is 234 Å². The zero-order chi connectivity index (χ0) is 30.9. The monoisotopic (exact) mass is 611 g/mol. The molecule has 4 atom stereocenters. The van der Waals surface area contributed by atoms with Crippen LogP contribution in [-0.2, 0) is 22.8 Å². The minimum Gasteiger partial charge on any atom is -0.434 e. The van der Waals surface area contributed by atoms with Crippen molar-refractivity contribution in [3.63, 3.8) is 0 Å². The van der Waals surface area contributed by atoms with Gasteiger partial charge in [-0.2, -0.15) is 27.1 Å². The van der Waals surface area contributed by atoms with Gasteiger partial charge >= 0.3 is 12.8 Å². The van der Waals surface area contributed by atoms with Crippen molar-refractivity contribution in [2.45, 2.75) is 82.7 Å². The van der Waals surface area contributed by atoms with Crippen LogP contribution in [0, 0.1) is 12.8 Å². The smallest absolute Gasteiger partial charge is 0.391 e. The number of ether oxygens (including phenoxy) is 1. The summed E-state index contributed by atoms with van der Waals surface area (Å²) >= 11 is 0. The van der Waals surface area contributed by atoms with Gasteiger partial charge in [0.1, 0.15) is 21.2 Å². The van der Waals surface area contributed by atoms with Crippen molar-refractivity contribution in [3.05, 3.63) is 35.0 Å². The highest BCUT2D eigenvalue weighted by Crippen LogP contribution is 2.37. The predicted molar refractivity (Wildman–Crippen MR) is 139 cm³/mol. The maximum absolute atomic E-state index is 13.3. The zero-order valence-corrected chi connectivity index (χ0v) is 23.8. The summed E-state index contributed by atoms with van der Waals surface area (Å²) in [5.41, 5.74) is -1.17. The third-order valence-corrected chi connectivity index (χ3v) is 9.13. The van der Waals surface area contributed by atoms with Crippen molar-refractivity contribution in [3.8, 4) is 17.0 Å². The van der Waals surface area contributed by atoms with Crippen LogP contribution in [0.25, 0.3) is 11.3 Å². The molecule has 1 heterocycles. The van der Waals surface area contributed by atoms with Gasteiger partial charge in [0.15, 0.2) is 5.69 Å². The molecule has 1 aromatic heterocycles. The van der Waals surface area contributed by atoms with Crippen LogP contribution in [0.2, 0.25) is 0 Å². The van der Waals surface area contributed by atoms with E-state index >= 15 is 0 Å². The van der Waals surface area contributed by atoms with Crippen LogP contribution < -0.4 is 10.1 Å². The molecule has 1 aliphatic carbocycles. The summed E-state index contributed by atoms with van der Waals surface area (Å²) in [6.45, 7) is 0.702. The average Bonchev–Trinajstić information content (AvgIpc) is 3.19. The first kappa shape index (κ1) is 32.7. The number of carbonyl (C=O) groups excluding carboxylic acids is 1. The van der Waals surface area contributed by atoms with Gasteiger partial charge in [0.05, 0.1) is 23.0 Å². The Morgan fingerprint density at radius 2 is 1.98 bits per heavy atom. The molecule has 3 rings (SSSR count). The number of nitrogens with one attached hydrogen (secondary N) is 1. The molecule has 1 aliphatic rings. The molecule has 0 spiro atoms. The molecule has 15 heteroatoms. The van der Waals surface area contributed by atoms with Gasteiger partial charge in [-0.3, -0.25) is 9.48 Å². The van der Waals surface area contributed by atoms with Gasteiger partial charge in [-0.05, 0) is 57.2 Å². The van der Waals surface area contributed by atoms with Crippen LogP contribution in [0.4, 0.5) is 22.0 Å². The van der Waals surface area contributed by atoms with Gasteiger partial charge in [-0.15, -0.1) is 0 Å². The molecular formula is C26H34F5N3O6S. The second-order valence-corrected chi connectivity index (χ2v) is 12.8. The van der Waals surface area contributed by atoms with Crippen LogP contribution in [0.3, 0.4) is 0 Å². The fourth-order valence-electron chi connectivity index (χ4n) is 4.97. The SMILES string of the molecule is CCn1nc(C(=O)NC[C@]2(O)CC[C@@H](S(C)(=O)=O)C[C@H]2O)c(C)c1-c1ccc(C[C@@H](C)C(F)(F)F)cc1OC(F)F. The van der Waals surface area contributed by atoms with Gasteiger partial charge in [0.25, 0.3) is 5.91 Å². The van der Waals surface area contributed by atoms with E-state index in [4.69, 9.17) is 0 Å². The van der Waals surface area contributed by atoms with Crippen molar-refractivity contribution < 1.29 is 50.1 Å². The summed E-state index contributed by atoms with van der Waals surface area (Å²) in [7, 11) is -3.43. The van der Waals surface area contributed by atoms with E-state index in [2.05, 4.69) is 15.2 Å². The van der Waals surface area contributed by atoms with Gasteiger partial charge in [-0.1, -0.05) is 13.0 Å². The predicted octanol–water partition coefficient (Wildman–Crippen LogP) is 3.64. The highest BCUT2D eigenvalue weighted by molar-refractivity contribution is 7.91. The summed E-state index contributed by atoms with van der Waals surface area (Å²) in [4.78, 5) is 13.1. The quantitative estimate of drug-likeness (QED) is 0.350. The number of rotatable bonds is 10. The number of halogens is 5. The van der Waals surface area contributed by atoms with Crippen molar-refractivity contribution >= 4 is 15.7 Å². The van der Waals surface area contributed by atoms with E-state index in [0.717, 1.165) is 19.2 Å². The van der Waals surface area contributed by atoms with Gasteiger partial charge in [0, 0.05) is 30.5 Å². The van der Waals surface area contributed by atoms with Crippen molar-refractivity contribution in [2.75, 3.05) is 12.8 Å². The number of aromatic nitrogens is 2. The summed E-state index contributed by atoms with van der Waals surface area (Å²) in [6, 6.07) is 3.82. The molecule has 1 amide bonds. The maximum Gasteiger partial charge on any atom is 0.391 e. The Balaban J connectivity index is 1.89. The van der Waals surface area contributed by atoms with Gasteiger partial charge in [-0.25, -0.2) is 8.42 Å². The van der Waals surface area contributed by atoms with E-state index in [1.165, 1.54) is 23.7 Å². The number of benzene rings is 1. The first-order chi connectivity index (χ1) is 18.9. The van der Waals surface area contributed by atoms with Crippen LogP contribution >= 0.6 is 0 Å². The topological polar surface area (TPSA) is 131 Å². The minimum atomic E-state index is -4.47. The molecular weight excluding hydrogens is 577 g/mol. The van der Waals surface area contributed by atoms with E-state index in [-0.39, 0.29) is 59.6 Å². The molecule has 41 heavy (non-hydrogen) atoms. The second kappa shape index (κ2) is 12.2. The number of alkyl halides is 5. The molecule has 0 radical (unpaired) electrons. The van der Waals surface area contributed by atoms with Crippen LogP contribution in [0.5, 0.6) is 5.75 Å². The number of carbonyl (C=O) groups is 1. The first-order valence-corrected chi connectivity index (χ1v) is 14.9. The largest absolute Gasteiger partial charge is 0.434 e. The number of sulfone groups is 1. The summed E-state index contributed by atoms with van der Waals surface area (Å²) in [5.74, 6) is -2.84. The number of aliphatic hydroxyl groups excluding tert-OH is 1. The van der Waals surface area contributed by atoms with Crippen molar-refractivity contribution in [2.24, 2.45) is 5.92 Å². The number of hydrogen-bond acceptors (Lipinski definition) is 7. The van der Waals surface area contributed by atoms with E-state index in [9.17, 15) is 45.4 Å². The van der Waals surface area contributed by atoms with Gasteiger partial charge in [0.2, 0.25) is 0 Å². The number of amides is 1. The standard InChI is InChI=1S/C26H34F5N3O6S/c1-5-34-22(18-7-6-16(10-14(2)26(29,30)31)11-19(18)40-24(27)28)15(3)21(33-34)23(36)32-13-25(37)9-8-17(12-20(25)35)41(4,38)39/h6-7,11,14,17,20,24,35,37H,5,8-10,12-13H2,1-4H3,(H,32,36)/t14-,17-,20-,25-/m1/s1. The third-order valence-electron chi connectivity index (χ3n) is 7.49. The number of nitrogens with zero attached hydrogens (tertiary/aromatic N) is 2. The molecule has 2 aromatic rings. The van der Waals surface area contributed by atoms with Crippen molar-refractivity contribution in [1.29, 1.82) is 0 Å². The number of hydrogen-bond donors (Lipinski definition) is 3. The third kappa shape index (κ3) is 7.55. The highest BCUT2D eigenvalue weighted by Gasteiger charge is 2.44.